The van der Waals surface area contributed by atoms with E-state index in [-0.39, 0.29) is 0 Å². The Morgan fingerprint density at radius 2 is 1.28 bits per heavy atom. The standard InChI is InChI=1S/C25H30N4/c1-16-10-18(3)23(19(4)11-16)28-25(27-15-22-8-7-9-26-14-22)29-24-20(5)12-17(2)13-21(24)6/h7-14H,15H2,1-6H3,(H2,27,28,29). The smallest absolute Gasteiger partial charge is 0.200 e. The summed E-state index contributed by atoms with van der Waals surface area (Å²) in [5.41, 5.74) is 10.6. The van der Waals surface area contributed by atoms with Gasteiger partial charge in [-0.3, -0.25) is 4.98 Å². The molecule has 150 valence electrons. The van der Waals surface area contributed by atoms with Crippen LogP contribution >= 0.6 is 0 Å². The largest absolute Gasteiger partial charge is 0.326 e. The van der Waals surface area contributed by atoms with E-state index >= 15 is 0 Å². The quantitative estimate of drug-likeness (QED) is 0.426. The first-order chi connectivity index (χ1) is 13.8. The summed E-state index contributed by atoms with van der Waals surface area (Å²) in [5, 5.41) is 7.10. The lowest BCUT2D eigenvalue weighted by molar-refractivity contribution is 1.04. The summed E-state index contributed by atoms with van der Waals surface area (Å²) in [6.07, 6.45) is 3.63. The number of pyridine rings is 1. The number of aryl methyl sites for hydroxylation is 6. The Bertz CT molecular complexity index is 928. The third-order valence-electron chi connectivity index (χ3n) is 4.98. The van der Waals surface area contributed by atoms with Crippen molar-refractivity contribution in [3.63, 3.8) is 0 Å². The molecule has 4 heteroatoms. The molecule has 29 heavy (non-hydrogen) atoms. The number of anilines is 2. The molecule has 1 heterocycles. The highest BCUT2D eigenvalue weighted by molar-refractivity contribution is 6.05. The molecule has 1 aromatic heterocycles. The van der Waals surface area contributed by atoms with Crippen molar-refractivity contribution in [2.45, 2.75) is 48.1 Å². The summed E-state index contributed by atoms with van der Waals surface area (Å²) < 4.78 is 0. The van der Waals surface area contributed by atoms with Crippen molar-refractivity contribution in [2.24, 2.45) is 4.99 Å². The average molecular weight is 387 g/mol. The van der Waals surface area contributed by atoms with Crippen LogP contribution in [0.4, 0.5) is 11.4 Å². The number of aromatic nitrogens is 1. The minimum Gasteiger partial charge on any atom is -0.326 e. The van der Waals surface area contributed by atoms with Crippen LogP contribution in [0.2, 0.25) is 0 Å². The third-order valence-corrected chi connectivity index (χ3v) is 4.98. The molecule has 2 N–H and O–H groups in total. The van der Waals surface area contributed by atoms with Gasteiger partial charge in [0.2, 0.25) is 5.96 Å². The first-order valence-electron chi connectivity index (χ1n) is 9.96. The second-order valence-corrected chi connectivity index (χ2v) is 7.82. The third kappa shape index (κ3) is 5.23. The molecule has 0 bridgehead atoms. The molecule has 0 saturated heterocycles. The van der Waals surface area contributed by atoms with Crippen LogP contribution in [-0.4, -0.2) is 10.9 Å². The molecule has 3 rings (SSSR count). The maximum atomic E-state index is 4.85. The normalized spacial score (nSPS) is 10.6. The molecule has 0 saturated carbocycles. The number of aliphatic imine (C=N–C) groups is 1. The van der Waals surface area contributed by atoms with Crippen molar-refractivity contribution in [3.8, 4) is 0 Å². The van der Waals surface area contributed by atoms with Crippen molar-refractivity contribution in [1.82, 2.24) is 4.98 Å². The molecule has 0 fully saturated rings. The fourth-order valence-corrected chi connectivity index (χ4v) is 3.76. The molecule has 0 spiro atoms. The van der Waals surface area contributed by atoms with Crippen molar-refractivity contribution in [3.05, 3.63) is 87.7 Å². The van der Waals surface area contributed by atoms with Gasteiger partial charge in [-0.25, -0.2) is 4.99 Å². The van der Waals surface area contributed by atoms with E-state index in [1.165, 1.54) is 33.4 Å². The lowest BCUT2D eigenvalue weighted by atomic mass is 10.0. The van der Waals surface area contributed by atoms with Crippen LogP contribution in [0.3, 0.4) is 0 Å². The molecule has 2 aromatic carbocycles. The van der Waals surface area contributed by atoms with Crippen LogP contribution in [0.15, 0.2) is 53.8 Å². The maximum absolute atomic E-state index is 4.85. The van der Waals surface area contributed by atoms with Gasteiger partial charge >= 0.3 is 0 Å². The van der Waals surface area contributed by atoms with Gasteiger partial charge < -0.3 is 10.6 Å². The van der Waals surface area contributed by atoms with Gasteiger partial charge in [-0.15, -0.1) is 0 Å². The zero-order valence-corrected chi connectivity index (χ0v) is 18.2. The Kier molecular flexibility index (Phi) is 6.32. The number of hydrogen-bond donors (Lipinski definition) is 2. The Hall–Kier alpha value is -3.14. The minimum absolute atomic E-state index is 0.553. The topological polar surface area (TPSA) is 49.3 Å². The maximum Gasteiger partial charge on any atom is 0.200 e. The molecule has 0 radical (unpaired) electrons. The van der Waals surface area contributed by atoms with Gasteiger partial charge in [0, 0.05) is 23.8 Å². The van der Waals surface area contributed by atoms with E-state index in [1.54, 1.807) is 6.20 Å². The number of guanidine groups is 1. The number of rotatable bonds is 4. The summed E-state index contributed by atoms with van der Waals surface area (Å²) in [7, 11) is 0. The monoisotopic (exact) mass is 386 g/mol. The van der Waals surface area contributed by atoms with E-state index in [0.717, 1.165) is 22.9 Å². The average Bonchev–Trinajstić information content (AvgIpc) is 2.65. The number of hydrogen-bond acceptors (Lipinski definition) is 2. The van der Waals surface area contributed by atoms with Gasteiger partial charge in [0.25, 0.3) is 0 Å². The summed E-state index contributed by atoms with van der Waals surface area (Å²) in [6.45, 7) is 13.3. The minimum atomic E-state index is 0.553. The second-order valence-electron chi connectivity index (χ2n) is 7.82. The van der Waals surface area contributed by atoms with E-state index < -0.39 is 0 Å². The zero-order chi connectivity index (χ0) is 21.0. The highest BCUT2D eigenvalue weighted by Gasteiger charge is 2.11. The summed E-state index contributed by atoms with van der Waals surface area (Å²) >= 11 is 0. The Labute approximate surface area is 174 Å². The van der Waals surface area contributed by atoms with Crippen molar-refractivity contribution in [2.75, 3.05) is 10.6 Å². The van der Waals surface area contributed by atoms with Crippen LogP contribution in [0.1, 0.15) is 38.9 Å². The van der Waals surface area contributed by atoms with E-state index in [1.807, 2.05) is 18.3 Å². The van der Waals surface area contributed by atoms with Crippen LogP contribution in [-0.2, 0) is 6.54 Å². The first kappa shape index (κ1) is 20.6. The molecule has 0 aliphatic heterocycles. The first-order valence-corrected chi connectivity index (χ1v) is 9.96. The van der Waals surface area contributed by atoms with E-state index in [0.29, 0.717) is 6.54 Å². The van der Waals surface area contributed by atoms with Crippen LogP contribution < -0.4 is 10.6 Å². The Morgan fingerprint density at radius 3 is 1.69 bits per heavy atom. The Morgan fingerprint density at radius 1 is 0.793 bits per heavy atom. The van der Waals surface area contributed by atoms with Gasteiger partial charge in [-0.05, 0) is 75.4 Å². The summed E-state index contributed by atoms with van der Waals surface area (Å²) in [5.74, 6) is 0.735. The molecule has 0 aliphatic rings. The molecule has 0 atom stereocenters. The molecule has 0 unspecified atom stereocenters. The number of nitrogens with one attached hydrogen (secondary N) is 2. The van der Waals surface area contributed by atoms with Gasteiger partial charge in [0.1, 0.15) is 0 Å². The van der Waals surface area contributed by atoms with Crippen LogP contribution in [0, 0.1) is 41.5 Å². The number of nitrogens with zero attached hydrogens (tertiary/aromatic N) is 2. The van der Waals surface area contributed by atoms with E-state index in [9.17, 15) is 0 Å². The molecule has 4 nitrogen and oxygen atoms in total. The highest BCUT2D eigenvalue weighted by atomic mass is 15.2. The predicted molar refractivity (Wildman–Crippen MR) is 124 cm³/mol. The van der Waals surface area contributed by atoms with Gasteiger partial charge in [-0.1, -0.05) is 41.5 Å². The predicted octanol–water partition coefficient (Wildman–Crippen LogP) is 6.01. The fraction of sp³-hybridized carbons (Fsp3) is 0.280. The second kappa shape index (κ2) is 8.91. The summed E-state index contributed by atoms with van der Waals surface area (Å²) in [4.78, 5) is 9.04. The zero-order valence-electron chi connectivity index (χ0n) is 18.2. The van der Waals surface area contributed by atoms with Gasteiger partial charge in [0.05, 0.1) is 6.54 Å². The molecular formula is C25H30N4. The lowest BCUT2D eigenvalue weighted by Crippen LogP contribution is -2.24. The number of benzene rings is 2. The summed E-state index contributed by atoms with van der Waals surface area (Å²) in [6, 6.07) is 12.7. The van der Waals surface area contributed by atoms with Crippen molar-refractivity contribution < 1.29 is 0 Å². The molecule has 0 aliphatic carbocycles. The highest BCUT2D eigenvalue weighted by Crippen LogP contribution is 2.25. The van der Waals surface area contributed by atoms with Gasteiger partial charge in [0.15, 0.2) is 0 Å². The van der Waals surface area contributed by atoms with Crippen LogP contribution in [0.25, 0.3) is 0 Å². The van der Waals surface area contributed by atoms with E-state index in [2.05, 4.69) is 81.4 Å². The van der Waals surface area contributed by atoms with E-state index in [4.69, 9.17) is 4.99 Å². The van der Waals surface area contributed by atoms with Gasteiger partial charge in [-0.2, -0.15) is 0 Å². The van der Waals surface area contributed by atoms with Crippen molar-refractivity contribution >= 4 is 17.3 Å². The van der Waals surface area contributed by atoms with Crippen molar-refractivity contribution in [1.29, 1.82) is 0 Å². The molecular weight excluding hydrogens is 356 g/mol. The lowest BCUT2D eigenvalue weighted by Gasteiger charge is -2.19. The Balaban J connectivity index is 1.96. The molecule has 3 aromatic rings. The molecule has 0 amide bonds. The van der Waals surface area contributed by atoms with Crippen LogP contribution in [0.5, 0.6) is 0 Å². The fourth-order valence-electron chi connectivity index (χ4n) is 3.76. The SMILES string of the molecule is Cc1cc(C)c(NC(=NCc2cccnc2)Nc2c(C)cc(C)cc2C)c(C)c1.